The molecule has 0 aromatic carbocycles. The Balaban J connectivity index is -0.000000193. The standard InChI is InChI=1S/C16H31N3O4.2C2H6.3H2/c1-11(2)18-16(22)14(5)17-10-23-9-12(3)19-15(21)8-6-7-13(4)20;2*1-2;;;/h11-12,14,17H,6-10H2,1-5H3,(H,18,22)(H,19,21);2*1-2H3;3*1H. The van der Waals surface area contributed by atoms with Gasteiger partial charge in [-0.15, -0.1) is 0 Å². The zero-order valence-electron chi connectivity index (χ0n) is 18.9. The summed E-state index contributed by atoms with van der Waals surface area (Å²) in [7, 11) is 0. The third-order valence-corrected chi connectivity index (χ3v) is 3.02. The van der Waals surface area contributed by atoms with Crippen molar-refractivity contribution in [2.75, 3.05) is 13.3 Å². The van der Waals surface area contributed by atoms with Crippen LogP contribution in [0.2, 0.25) is 0 Å². The fourth-order valence-corrected chi connectivity index (χ4v) is 1.81. The van der Waals surface area contributed by atoms with Crippen molar-refractivity contribution in [3.05, 3.63) is 0 Å². The van der Waals surface area contributed by atoms with Crippen LogP contribution in [0.4, 0.5) is 0 Å². The second-order valence-electron chi connectivity index (χ2n) is 6.13. The van der Waals surface area contributed by atoms with E-state index in [4.69, 9.17) is 4.74 Å². The van der Waals surface area contributed by atoms with Crippen LogP contribution >= 0.6 is 0 Å². The first-order chi connectivity index (χ1) is 12.7. The lowest BCUT2D eigenvalue weighted by Crippen LogP contribution is -2.45. The van der Waals surface area contributed by atoms with Crippen LogP contribution in [0.1, 0.15) is 85.9 Å². The molecule has 0 aromatic rings. The predicted molar refractivity (Wildman–Crippen MR) is 118 cm³/mol. The van der Waals surface area contributed by atoms with E-state index in [-0.39, 0.29) is 46.7 Å². The van der Waals surface area contributed by atoms with Crippen LogP contribution < -0.4 is 16.0 Å². The van der Waals surface area contributed by atoms with Gasteiger partial charge in [-0.05, 0) is 41.0 Å². The molecule has 0 fully saturated rings. The molecular formula is C20H49N3O4. The summed E-state index contributed by atoms with van der Waals surface area (Å²) in [6, 6.07) is -0.360. The maximum absolute atomic E-state index is 11.7. The molecule has 0 aliphatic carbocycles. The van der Waals surface area contributed by atoms with E-state index in [1.807, 2.05) is 48.5 Å². The Morgan fingerprint density at radius 2 is 1.48 bits per heavy atom. The molecule has 3 N–H and O–H groups in total. The second kappa shape index (κ2) is 20.8. The molecule has 168 valence electrons. The minimum absolute atomic E-state index is 0. The van der Waals surface area contributed by atoms with Crippen molar-refractivity contribution in [2.24, 2.45) is 0 Å². The van der Waals surface area contributed by atoms with Crippen molar-refractivity contribution in [2.45, 2.75) is 99.7 Å². The number of hydrogen-bond donors (Lipinski definition) is 3. The van der Waals surface area contributed by atoms with Crippen LogP contribution in [0.5, 0.6) is 0 Å². The topological polar surface area (TPSA) is 96.5 Å². The summed E-state index contributed by atoms with van der Waals surface area (Å²) in [6.07, 6.45) is 1.34. The molecule has 7 heteroatoms. The zero-order valence-corrected chi connectivity index (χ0v) is 18.9. The number of carbonyl (C=O) groups excluding carboxylic acids is 3. The number of rotatable bonds is 12. The Morgan fingerprint density at radius 3 is 1.96 bits per heavy atom. The number of ketones is 1. The van der Waals surface area contributed by atoms with Gasteiger partial charge < -0.3 is 20.2 Å². The third kappa shape index (κ3) is 22.5. The maximum atomic E-state index is 11.7. The van der Waals surface area contributed by atoms with E-state index >= 15 is 0 Å². The highest BCUT2D eigenvalue weighted by atomic mass is 16.5. The molecule has 0 aromatic heterocycles. The molecule has 0 rings (SSSR count). The second-order valence-corrected chi connectivity index (χ2v) is 6.13. The average molecular weight is 396 g/mol. The van der Waals surface area contributed by atoms with Gasteiger partial charge in [0.05, 0.1) is 19.4 Å². The molecular weight excluding hydrogens is 346 g/mol. The van der Waals surface area contributed by atoms with Gasteiger partial charge >= 0.3 is 0 Å². The van der Waals surface area contributed by atoms with Gasteiger partial charge in [0.1, 0.15) is 5.78 Å². The van der Waals surface area contributed by atoms with Crippen molar-refractivity contribution in [1.29, 1.82) is 0 Å². The van der Waals surface area contributed by atoms with Crippen molar-refractivity contribution in [3.63, 3.8) is 0 Å². The fraction of sp³-hybridized carbons (Fsp3) is 0.850. The first-order valence-corrected chi connectivity index (χ1v) is 10.1. The Bertz CT molecular complexity index is 401. The van der Waals surface area contributed by atoms with Crippen LogP contribution in [0.15, 0.2) is 0 Å². The molecule has 0 heterocycles. The van der Waals surface area contributed by atoms with Gasteiger partial charge in [0.25, 0.3) is 0 Å². The quantitative estimate of drug-likeness (QED) is 0.347. The summed E-state index contributed by atoms with van der Waals surface area (Å²) >= 11 is 0. The molecule has 0 spiro atoms. The average Bonchev–Trinajstić information content (AvgIpc) is 2.61. The highest BCUT2D eigenvalue weighted by Gasteiger charge is 2.13. The van der Waals surface area contributed by atoms with Gasteiger partial charge in [0, 0.05) is 29.2 Å². The number of hydrogen-bond acceptors (Lipinski definition) is 5. The highest BCUT2D eigenvalue weighted by Crippen LogP contribution is 1.97. The molecule has 0 aliphatic rings. The Kier molecular flexibility index (Phi) is 23.4. The monoisotopic (exact) mass is 395 g/mol. The third-order valence-electron chi connectivity index (χ3n) is 3.02. The summed E-state index contributed by atoms with van der Waals surface area (Å²) in [5, 5.41) is 8.57. The minimum Gasteiger partial charge on any atom is -0.364 e. The number of nitrogens with one attached hydrogen (secondary N) is 3. The molecule has 0 aliphatic heterocycles. The summed E-state index contributed by atoms with van der Waals surface area (Å²) < 4.78 is 5.40. The van der Waals surface area contributed by atoms with E-state index in [0.29, 0.717) is 25.9 Å². The fourth-order valence-electron chi connectivity index (χ4n) is 1.81. The van der Waals surface area contributed by atoms with Crippen LogP contribution in [0.25, 0.3) is 0 Å². The Morgan fingerprint density at radius 1 is 0.926 bits per heavy atom. The Hall–Kier alpha value is -1.47. The highest BCUT2D eigenvalue weighted by molar-refractivity contribution is 5.81. The summed E-state index contributed by atoms with van der Waals surface area (Å²) in [4.78, 5) is 34.1. The van der Waals surface area contributed by atoms with E-state index in [1.165, 1.54) is 6.92 Å². The molecule has 2 amide bonds. The summed E-state index contributed by atoms with van der Waals surface area (Å²) in [5.41, 5.74) is 0. The molecule has 2 atom stereocenters. The zero-order chi connectivity index (χ0) is 21.8. The molecule has 27 heavy (non-hydrogen) atoms. The molecule has 7 nitrogen and oxygen atoms in total. The normalized spacial score (nSPS) is 11.9. The molecule has 0 radical (unpaired) electrons. The van der Waals surface area contributed by atoms with Crippen LogP contribution in [-0.2, 0) is 19.1 Å². The van der Waals surface area contributed by atoms with E-state index in [1.54, 1.807) is 6.92 Å². The largest absolute Gasteiger partial charge is 0.364 e. The number of amides is 2. The number of carbonyl (C=O) groups is 3. The molecule has 0 saturated heterocycles. The summed E-state index contributed by atoms with van der Waals surface area (Å²) in [6.45, 7) is 17.5. The van der Waals surface area contributed by atoms with E-state index in [9.17, 15) is 14.4 Å². The lowest BCUT2D eigenvalue weighted by atomic mass is 10.2. The summed E-state index contributed by atoms with van der Waals surface area (Å²) in [5.74, 6) is -0.0636. The van der Waals surface area contributed by atoms with Crippen LogP contribution in [0, 0.1) is 0 Å². The van der Waals surface area contributed by atoms with E-state index in [2.05, 4.69) is 16.0 Å². The van der Waals surface area contributed by atoms with Crippen molar-refractivity contribution >= 4 is 17.6 Å². The van der Waals surface area contributed by atoms with E-state index < -0.39 is 0 Å². The van der Waals surface area contributed by atoms with Crippen LogP contribution in [0.3, 0.4) is 0 Å². The number of Topliss-reactive ketones (excluding diaryl/α,β-unsaturated/α-hetero) is 1. The van der Waals surface area contributed by atoms with Crippen LogP contribution in [-0.4, -0.2) is 49.1 Å². The lowest BCUT2D eigenvalue weighted by Gasteiger charge is -2.18. The smallest absolute Gasteiger partial charge is 0.237 e. The first-order valence-electron chi connectivity index (χ1n) is 10.1. The molecule has 0 bridgehead atoms. The van der Waals surface area contributed by atoms with Gasteiger partial charge in [-0.25, -0.2) is 0 Å². The van der Waals surface area contributed by atoms with E-state index in [0.717, 1.165) is 0 Å². The van der Waals surface area contributed by atoms with Gasteiger partial charge in [0.15, 0.2) is 0 Å². The predicted octanol–water partition coefficient (Wildman–Crippen LogP) is 3.52. The van der Waals surface area contributed by atoms with Gasteiger partial charge in [-0.3, -0.25) is 14.9 Å². The van der Waals surface area contributed by atoms with Gasteiger partial charge in [-0.2, -0.15) is 0 Å². The molecule has 0 saturated carbocycles. The van der Waals surface area contributed by atoms with Gasteiger partial charge in [-0.1, -0.05) is 27.7 Å². The van der Waals surface area contributed by atoms with Crippen molar-refractivity contribution in [3.8, 4) is 0 Å². The van der Waals surface area contributed by atoms with Crippen molar-refractivity contribution < 1.29 is 23.4 Å². The minimum atomic E-state index is -0.339. The maximum Gasteiger partial charge on any atom is 0.237 e. The van der Waals surface area contributed by atoms with Crippen molar-refractivity contribution in [1.82, 2.24) is 16.0 Å². The lowest BCUT2D eigenvalue weighted by molar-refractivity contribution is -0.123. The number of ether oxygens (including phenoxy) is 1. The Labute approximate surface area is 170 Å². The SMILES string of the molecule is CC.CC.CC(=O)CCCC(=O)NC(C)COCNC(C)C(=O)NC(C)C.[HH].[HH].[HH]. The first kappa shape index (κ1) is 30.3. The van der Waals surface area contributed by atoms with Gasteiger partial charge in [0.2, 0.25) is 11.8 Å². The molecule has 2 unspecified atom stereocenters.